The Labute approximate surface area is 423 Å². The van der Waals surface area contributed by atoms with Crippen LogP contribution in [0.2, 0.25) is 0 Å². The average Bonchev–Trinajstić information content (AvgIpc) is 3.31. The van der Waals surface area contributed by atoms with E-state index in [1.54, 1.807) is 0 Å². The van der Waals surface area contributed by atoms with E-state index in [2.05, 4.69) is 123 Å². The number of esters is 2. The molecule has 0 aromatic rings. The SMILES string of the molecule is CC/C=C\C/C=C\C/C=C\C/C=C\C/C=C\C/C=C\C/C=C\CCCCCCCCCCCC(=O)OC(COC(=O)CCCCCCC/C=C\C/C=C\CCCC)COP(=O)([O-])OCC[N+](C)(C)C. The van der Waals surface area contributed by atoms with Gasteiger partial charge in [-0.25, -0.2) is 0 Å². The number of carbonyl (C=O) groups is 2. The van der Waals surface area contributed by atoms with Crippen LogP contribution in [0.4, 0.5) is 0 Å². The van der Waals surface area contributed by atoms with E-state index in [1.165, 1.54) is 44.9 Å². The largest absolute Gasteiger partial charge is 0.756 e. The Bertz CT molecular complexity index is 1530. The van der Waals surface area contributed by atoms with Crippen LogP contribution in [0.15, 0.2) is 109 Å². The number of allylic oxidation sites excluding steroid dienone is 18. The summed E-state index contributed by atoms with van der Waals surface area (Å²) in [5, 5.41) is 0. The first-order valence-corrected chi connectivity index (χ1v) is 28.6. The first kappa shape index (κ1) is 65.7. The van der Waals surface area contributed by atoms with Crippen molar-refractivity contribution in [1.29, 1.82) is 0 Å². The highest BCUT2D eigenvalue weighted by Gasteiger charge is 2.21. The molecule has 0 fully saturated rings. The van der Waals surface area contributed by atoms with Crippen molar-refractivity contribution in [3.63, 3.8) is 0 Å². The molecule has 0 heterocycles. The third kappa shape index (κ3) is 53.9. The number of phosphoric ester groups is 1. The van der Waals surface area contributed by atoms with Crippen LogP contribution >= 0.6 is 7.82 Å². The number of hydrogen-bond donors (Lipinski definition) is 0. The van der Waals surface area contributed by atoms with Gasteiger partial charge < -0.3 is 27.9 Å². The fraction of sp³-hybridized carbons (Fsp3) is 0.661. The molecule has 0 aromatic carbocycles. The monoisotopic (exact) mass is 982 g/mol. The van der Waals surface area contributed by atoms with Crippen molar-refractivity contribution >= 4 is 19.8 Å². The minimum atomic E-state index is -4.64. The summed E-state index contributed by atoms with van der Waals surface area (Å²) in [5.74, 6) is -0.865. The Hall–Kier alpha value is -3.33. The molecule has 10 heteroatoms. The van der Waals surface area contributed by atoms with E-state index in [-0.39, 0.29) is 26.1 Å². The minimum absolute atomic E-state index is 0.0400. The van der Waals surface area contributed by atoms with Crippen molar-refractivity contribution in [2.24, 2.45) is 0 Å². The van der Waals surface area contributed by atoms with Gasteiger partial charge in [-0.1, -0.05) is 200 Å². The lowest BCUT2D eigenvalue weighted by molar-refractivity contribution is -0.870. The number of hydrogen-bond acceptors (Lipinski definition) is 8. The second-order valence-electron chi connectivity index (χ2n) is 18.9. The summed E-state index contributed by atoms with van der Waals surface area (Å²) in [6.45, 7) is 4.04. The number of unbranched alkanes of at least 4 members (excludes halogenated alkanes) is 16. The molecule has 69 heavy (non-hydrogen) atoms. The van der Waals surface area contributed by atoms with Gasteiger partial charge in [0.1, 0.15) is 19.8 Å². The van der Waals surface area contributed by atoms with E-state index < -0.39 is 32.5 Å². The second-order valence-corrected chi connectivity index (χ2v) is 20.3. The van der Waals surface area contributed by atoms with E-state index in [0.717, 1.165) is 116 Å². The number of likely N-dealkylation sites (N-methyl/N-ethyl adjacent to an activating group) is 1. The first-order chi connectivity index (χ1) is 33.5. The first-order valence-electron chi connectivity index (χ1n) is 27.1. The third-order valence-electron chi connectivity index (χ3n) is 11.0. The maximum absolute atomic E-state index is 12.8. The smallest absolute Gasteiger partial charge is 0.306 e. The van der Waals surface area contributed by atoms with Gasteiger partial charge in [0, 0.05) is 12.8 Å². The zero-order chi connectivity index (χ0) is 50.6. The lowest BCUT2D eigenvalue weighted by atomic mass is 10.1. The van der Waals surface area contributed by atoms with Crippen molar-refractivity contribution in [3.8, 4) is 0 Å². The summed E-state index contributed by atoms with van der Waals surface area (Å²) in [6, 6.07) is 0. The van der Waals surface area contributed by atoms with E-state index in [1.807, 2.05) is 21.1 Å². The molecule has 9 nitrogen and oxygen atoms in total. The van der Waals surface area contributed by atoms with Crippen molar-refractivity contribution in [2.45, 2.75) is 206 Å². The number of phosphoric acid groups is 1. The van der Waals surface area contributed by atoms with Crippen LogP contribution < -0.4 is 4.89 Å². The van der Waals surface area contributed by atoms with Gasteiger partial charge in [0.15, 0.2) is 6.10 Å². The van der Waals surface area contributed by atoms with E-state index >= 15 is 0 Å². The molecule has 0 aliphatic carbocycles. The highest BCUT2D eigenvalue weighted by Crippen LogP contribution is 2.38. The normalized spacial score (nSPS) is 14.2. The van der Waals surface area contributed by atoms with Gasteiger partial charge in [0.25, 0.3) is 7.82 Å². The molecule has 2 unspecified atom stereocenters. The van der Waals surface area contributed by atoms with Crippen LogP contribution in [0.1, 0.15) is 200 Å². The van der Waals surface area contributed by atoms with Crippen LogP contribution in [-0.2, 0) is 32.7 Å². The van der Waals surface area contributed by atoms with Crippen LogP contribution in [0, 0.1) is 0 Å². The second kappa shape index (κ2) is 49.6. The molecule has 0 aromatic heterocycles. The zero-order valence-electron chi connectivity index (χ0n) is 44.5. The van der Waals surface area contributed by atoms with Gasteiger partial charge in [-0.3, -0.25) is 14.2 Å². The lowest BCUT2D eigenvalue weighted by Gasteiger charge is -2.28. The summed E-state index contributed by atoms with van der Waals surface area (Å²) in [4.78, 5) is 37.7. The summed E-state index contributed by atoms with van der Waals surface area (Å²) in [5.41, 5.74) is 0. The van der Waals surface area contributed by atoms with Crippen LogP contribution in [0.25, 0.3) is 0 Å². The highest BCUT2D eigenvalue weighted by molar-refractivity contribution is 7.45. The molecule has 0 aliphatic rings. The summed E-state index contributed by atoms with van der Waals surface area (Å²) >= 11 is 0. The van der Waals surface area contributed by atoms with E-state index in [0.29, 0.717) is 23.9 Å². The van der Waals surface area contributed by atoms with Crippen molar-refractivity contribution < 1.29 is 42.1 Å². The molecular weight excluding hydrogens is 882 g/mol. The molecule has 0 spiro atoms. The summed E-state index contributed by atoms with van der Waals surface area (Å²) in [6.07, 6.45) is 68.4. The van der Waals surface area contributed by atoms with E-state index in [9.17, 15) is 19.0 Å². The molecule has 0 saturated heterocycles. The Kier molecular flexibility index (Phi) is 47.2. The number of quaternary nitrogens is 1. The third-order valence-corrected chi connectivity index (χ3v) is 12.0. The maximum Gasteiger partial charge on any atom is 0.306 e. The topological polar surface area (TPSA) is 111 Å². The Morgan fingerprint density at radius 1 is 0.464 bits per heavy atom. The van der Waals surface area contributed by atoms with Crippen molar-refractivity contribution in [1.82, 2.24) is 0 Å². The van der Waals surface area contributed by atoms with E-state index in [4.69, 9.17) is 18.5 Å². The fourth-order valence-corrected chi connectivity index (χ4v) is 7.56. The van der Waals surface area contributed by atoms with Crippen LogP contribution in [0.5, 0.6) is 0 Å². The molecule has 0 rings (SSSR count). The fourth-order valence-electron chi connectivity index (χ4n) is 6.83. The quantitative estimate of drug-likeness (QED) is 0.0195. The molecule has 2 atom stereocenters. The summed E-state index contributed by atoms with van der Waals surface area (Å²) < 4.78 is 34.0. The molecule has 0 saturated carbocycles. The molecule has 0 bridgehead atoms. The molecule has 0 aliphatic heterocycles. The number of ether oxygens (including phenoxy) is 2. The lowest BCUT2D eigenvalue weighted by Crippen LogP contribution is -2.37. The average molecular weight is 982 g/mol. The van der Waals surface area contributed by atoms with Crippen molar-refractivity contribution in [2.75, 3.05) is 47.5 Å². The van der Waals surface area contributed by atoms with Crippen LogP contribution in [0.3, 0.4) is 0 Å². The predicted octanol–water partition coefficient (Wildman–Crippen LogP) is 16.0. The van der Waals surface area contributed by atoms with Gasteiger partial charge in [-0.05, 0) is 96.3 Å². The number of carbonyl (C=O) groups excluding carboxylic acids is 2. The Balaban J connectivity index is 4.21. The van der Waals surface area contributed by atoms with Gasteiger partial charge in [0.2, 0.25) is 0 Å². The maximum atomic E-state index is 12.8. The Morgan fingerprint density at radius 2 is 0.826 bits per heavy atom. The highest BCUT2D eigenvalue weighted by atomic mass is 31.2. The van der Waals surface area contributed by atoms with Gasteiger partial charge in [-0.15, -0.1) is 0 Å². The van der Waals surface area contributed by atoms with Gasteiger partial charge >= 0.3 is 11.9 Å². The standard InChI is InChI=1S/C59H100NO8P/c1-6-8-10-12-14-16-18-20-22-23-24-25-26-27-28-29-30-31-32-33-34-35-36-37-38-40-42-44-46-48-50-52-59(62)68-57(56-67-69(63,64)66-54-53-60(3,4)5)55-65-58(61)51-49-47-45-43-41-39-21-19-17-15-13-11-9-7-2/h8,10,13-16,19-22,24-25,27-28,30-31,33-34,57H,6-7,9,11-12,17-18,23,26,29,32,35-56H2,1-5H3/b10-8-,15-13-,16-14-,21-19-,22-20-,25-24-,28-27-,31-30-,34-33-. The van der Waals surface area contributed by atoms with Gasteiger partial charge in [0.05, 0.1) is 27.7 Å². The molecule has 0 radical (unpaired) electrons. The number of rotatable bonds is 48. The van der Waals surface area contributed by atoms with Crippen molar-refractivity contribution in [3.05, 3.63) is 109 Å². The Morgan fingerprint density at radius 3 is 1.23 bits per heavy atom. The molecule has 394 valence electrons. The minimum Gasteiger partial charge on any atom is -0.756 e. The number of nitrogens with zero attached hydrogens (tertiary/aromatic N) is 1. The summed E-state index contributed by atoms with van der Waals surface area (Å²) in [7, 11) is 1.14. The molecule has 0 N–H and O–H groups in total. The molecule has 0 amide bonds. The zero-order valence-corrected chi connectivity index (χ0v) is 45.4. The van der Waals surface area contributed by atoms with Gasteiger partial charge in [-0.2, -0.15) is 0 Å². The predicted molar refractivity (Wildman–Crippen MR) is 291 cm³/mol. The van der Waals surface area contributed by atoms with Crippen LogP contribution in [-0.4, -0.2) is 70.0 Å². The molecular formula is C59H100NO8P.